The number of carbonyl (C=O) groups is 2. The number of benzene rings is 2. The number of amides is 2. The Morgan fingerprint density at radius 1 is 1.00 bits per heavy atom. The summed E-state index contributed by atoms with van der Waals surface area (Å²) in [7, 11) is 0. The summed E-state index contributed by atoms with van der Waals surface area (Å²) in [5.74, 6) is -0.460. The second-order valence-corrected chi connectivity index (χ2v) is 5.83. The summed E-state index contributed by atoms with van der Waals surface area (Å²) in [5, 5.41) is 5.61. The maximum absolute atomic E-state index is 12.3. The van der Waals surface area contributed by atoms with E-state index in [4.69, 9.17) is 9.47 Å². The molecule has 130 valence electrons. The maximum Gasteiger partial charge on any atom is 0.255 e. The third kappa shape index (κ3) is 4.65. The Labute approximate surface area is 146 Å². The van der Waals surface area contributed by atoms with Gasteiger partial charge in [-0.25, -0.2) is 0 Å². The predicted molar refractivity (Wildman–Crippen MR) is 94.8 cm³/mol. The lowest BCUT2D eigenvalue weighted by Crippen LogP contribution is -2.39. The molecule has 0 spiro atoms. The van der Waals surface area contributed by atoms with Crippen molar-refractivity contribution in [2.24, 2.45) is 0 Å². The van der Waals surface area contributed by atoms with Gasteiger partial charge in [-0.1, -0.05) is 23.8 Å². The standard InChI is InChI=1S/C19H20N2O4/c1-13-4-2-5-14(10-13)18(22)20-15-6-3-7-16(11-15)21-19(23)17-12-24-8-9-25-17/h2-7,10-11,17H,8-9,12H2,1H3,(H,20,22)(H,21,23)/t17-/m0/s1. The average Bonchev–Trinajstić information content (AvgIpc) is 2.63. The molecule has 0 unspecified atom stereocenters. The molecule has 1 fully saturated rings. The van der Waals surface area contributed by atoms with Crippen LogP contribution in [0.15, 0.2) is 48.5 Å². The zero-order valence-electron chi connectivity index (χ0n) is 14.0. The van der Waals surface area contributed by atoms with Gasteiger partial charge in [0.1, 0.15) is 0 Å². The maximum atomic E-state index is 12.3. The minimum absolute atomic E-state index is 0.198. The van der Waals surface area contributed by atoms with Crippen molar-refractivity contribution in [1.29, 1.82) is 0 Å². The van der Waals surface area contributed by atoms with Crippen LogP contribution in [0, 0.1) is 6.92 Å². The summed E-state index contributed by atoms with van der Waals surface area (Å²) in [6.07, 6.45) is -0.612. The zero-order valence-corrected chi connectivity index (χ0v) is 14.0. The van der Waals surface area contributed by atoms with E-state index in [1.165, 1.54) is 0 Å². The van der Waals surface area contributed by atoms with Crippen LogP contribution in [0.25, 0.3) is 0 Å². The van der Waals surface area contributed by atoms with Crippen LogP contribution in [0.5, 0.6) is 0 Å². The predicted octanol–water partition coefficient (Wildman–Crippen LogP) is 2.60. The van der Waals surface area contributed by atoms with E-state index in [1.807, 2.05) is 25.1 Å². The normalized spacial score (nSPS) is 16.9. The molecule has 3 rings (SSSR count). The molecule has 1 aliphatic heterocycles. The van der Waals surface area contributed by atoms with Gasteiger partial charge in [0.2, 0.25) is 0 Å². The number of hydrogen-bond acceptors (Lipinski definition) is 4. The van der Waals surface area contributed by atoms with Crippen LogP contribution in [0.1, 0.15) is 15.9 Å². The van der Waals surface area contributed by atoms with E-state index >= 15 is 0 Å². The van der Waals surface area contributed by atoms with E-state index in [2.05, 4.69) is 10.6 Å². The smallest absolute Gasteiger partial charge is 0.255 e. The van der Waals surface area contributed by atoms with Gasteiger partial charge in [0, 0.05) is 16.9 Å². The number of ether oxygens (including phenoxy) is 2. The third-order valence-corrected chi connectivity index (χ3v) is 3.78. The van der Waals surface area contributed by atoms with E-state index in [1.54, 1.807) is 30.3 Å². The molecule has 2 amide bonds. The first kappa shape index (κ1) is 17.1. The highest BCUT2D eigenvalue weighted by molar-refractivity contribution is 6.04. The molecular formula is C19H20N2O4. The molecule has 0 radical (unpaired) electrons. The fourth-order valence-electron chi connectivity index (χ4n) is 2.53. The number of aryl methyl sites for hydroxylation is 1. The Balaban J connectivity index is 1.64. The molecule has 2 aromatic rings. The first-order valence-electron chi connectivity index (χ1n) is 8.10. The second kappa shape index (κ2) is 7.92. The van der Waals surface area contributed by atoms with Crippen LogP contribution < -0.4 is 10.6 Å². The highest BCUT2D eigenvalue weighted by Crippen LogP contribution is 2.17. The quantitative estimate of drug-likeness (QED) is 0.897. The van der Waals surface area contributed by atoms with E-state index < -0.39 is 6.10 Å². The summed E-state index contributed by atoms with van der Waals surface area (Å²) < 4.78 is 10.6. The number of rotatable bonds is 4. The van der Waals surface area contributed by atoms with Crippen molar-refractivity contribution in [3.05, 3.63) is 59.7 Å². The average molecular weight is 340 g/mol. The molecule has 1 saturated heterocycles. The highest BCUT2D eigenvalue weighted by Gasteiger charge is 2.22. The van der Waals surface area contributed by atoms with Crippen LogP contribution in [-0.2, 0) is 14.3 Å². The van der Waals surface area contributed by atoms with Gasteiger partial charge < -0.3 is 20.1 Å². The Hall–Kier alpha value is -2.70. The molecule has 6 heteroatoms. The summed E-state index contributed by atoms with van der Waals surface area (Å²) in [6, 6.07) is 14.3. The van der Waals surface area contributed by atoms with Crippen molar-refractivity contribution >= 4 is 23.2 Å². The first-order chi connectivity index (χ1) is 12.1. The summed E-state index contributed by atoms with van der Waals surface area (Å²) in [5.41, 5.74) is 2.79. The van der Waals surface area contributed by atoms with Gasteiger partial charge in [-0.3, -0.25) is 9.59 Å². The first-order valence-corrected chi connectivity index (χ1v) is 8.10. The SMILES string of the molecule is Cc1cccc(C(=O)Nc2cccc(NC(=O)[C@@H]3COCCO3)c2)c1. The van der Waals surface area contributed by atoms with Crippen molar-refractivity contribution < 1.29 is 19.1 Å². The number of hydrogen-bond donors (Lipinski definition) is 2. The number of nitrogens with one attached hydrogen (secondary N) is 2. The van der Waals surface area contributed by atoms with Gasteiger partial charge in [0.25, 0.3) is 11.8 Å². The number of anilines is 2. The van der Waals surface area contributed by atoms with E-state index in [0.717, 1.165) is 5.56 Å². The zero-order chi connectivity index (χ0) is 17.6. The second-order valence-electron chi connectivity index (χ2n) is 5.83. The molecule has 0 bridgehead atoms. The van der Waals surface area contributed by atoms with Crippen LogP contribution in [0.4, 0.5) is 11.4 Å². The van der Waals surface area contributed by atoms with Crippen LogP contribution >= 0.6 is 0 Å². The monoisotopic (exact) mass is 340 g/mol. The molecule has 6 nitrogen and oxygen atoms in total. The Kier molecular flexibility index (Phi) is 5.42. The topological polar surface area (TPSA) is 76.7 Å². The molecule has 1 atom stereocenters. The lowest BCUT2D eigenvalue weighted by atomic mass is 10.1. The fraction of sp³-hybridized carbons (Fsp3) is 0.263. The molecule has 1 heterocycles. The van der Waals surface area contributed by atoms with Crippen molar-refractivity contribution in [3.63, 3.8) is 0 Å². The molecule has 25 heavy (non-hydrogen) atoms. The molecular weight excluding hydrogens is 320 g/mol. The largest absolute Gasteiger partial charge is 0.376 e. The summed E-state index contributed by atoms with van der Waals surface area (Å²) >= 11 is 0. The summed E-state index contributed by atoms with van der Waals surface area (Å²) in [4.78, 5) is 24.5. The van der Waals surface area contributed by atoms with Gasteiger partial charge in [-0.05, 0) is 37.3 Å². The van der Waals surface area contributed by atoms with Crippen molar-refractivity contribution in [2.75, 3.05) is 30.5 Å². The minimum Gasteiger partial charge on any atom is -0.376 e. The van der Waals surface area contributed by atoms with Gasteiger partial charge >= 0.3 is 0 Å². The Bertz CT molecular complexity index is 770. The molecule has 0 aromatic heterocycles. The number of carbonyl (C=O) groups excluding carboxylic acids is 2. The van der Waals surface area contributed by atoms with Crippen molar-refractivity contribution in [2.45, 2.75) is 13.0 Å². The molecule has 1 aliphatic rings. The molecule has 0 saturated carbocycles. The van der Waals surface area contributed by atoms with Crippen molar-refractivity contribution in [3.8, 4) is 0 Å². The lowest BCUT2D eigenvalue weighted by molar-refractivity contribution is -0.142. The summed E-state index contributed by atoms with van der Waals surface area (Å²) in [6.45, 7) is 3.09. The van der Waals surface area contributed by atoms with Gasteiger partial charge in [0.05, 0.1) is 19.8 Å². The van der Waals surface area contributed by atoms with Crippen LogP contribution in [0.3, 0.4) is 0 Å². The van der Waals surface area contributed by atoms with Gasteiger partial charge in [-0.15, -0.1) is 0 Å². The third-order valence-electron chi connectivity index (χ3n) is 3.78. The Morgan fingerprint density at radius 2 is 1.76 bits per heavy atom. The van der Waals surface area contributed by atoms with E-state index in [0.29, 0.717) is 30.2 Å². The van der Waals surface area contributed by atoms with Crippen molar-refractivity contribution in [1.82, 2.24) is 0 Å². The highest BCUT2D eigenvalue weighted by atomic mass is 16.6. The van der Waals surface area contributed by atoms with Crippen LogP contribution in [0.2, 0.25) is 0 Å². The molecule has 2 aromatic carbocycles. The fourth-order valence-corrected chi connectivity index (χ4v) is 2.53. The van der Waals surface area contributed by atoms with Gasteiger partial charge in [0.15, 0.2) is 6.10 Å². The van der Waals surface area contributed by atoms with E-state index in [-0.39, 0.29) is 18.4 Å². The Morgan fingerprint density at radius 3 is 2.48 bits per heavy atom. The van der Waals surface area contributed by atoms with Gasteiger partial charge in [-0.2, -0.15) is 0 Å². The molecule has 0 aliphatic carbocycles. The lowest BCUT2D eigenvalue weighted by Gasteiger charge is -2.22. The van der Waals surface area contributed by atoms with E-state index in [9.17, 15) is 9.59 Å². The minimum atomic E-state index is -0.612. The van der Waals surface area contributed by atoms with Crippen LogP contribution in [-0.4, -0.2) is 37.7 Å². The molecule has 2 N–H and O–H groups in total.